The van der Waals surface area contributed by atoms with E-state index in [0.717, 1.165) is 57.8 Å². The maximum absolute atomic E-state index is 12.6. The Morgan fingerprint density at radius 3 is 1.65 bits per heavy atom. The number of ether oxygens (including phenoxy) is 3. The van der Waals surface area contributed by atoms with Crippen molar-refractivity contribution in [2.24, 2.45) is 0 Å². The van der Waals surface area contributed by atoms with E-state index in [9.17, 15) is 23.8 Å². The topological polar surface area (TPSA) is 135 Å². The number of carbonyl (C=O) groups is 3. The molecule has 0 radical (unpaired) electrons. The maximum atomic E-state index is 12.6. The molecule has 1 N–H and O–H groups in total. The van der Waals surface area contributed by atoms with E-state index in [4.69, 9.17) is 23.3 Å². The van der Waals surface area contributed by atoms with Gasteiger partial charge in [0.1, 0.15) is 19.8 Å². The lowest BCUT2D eigenvalue weighted by atomic mass is 10.0. The summed E-state index contributed by atoms with van der Waals surface area (Å²) in [6, 6.07) is 0. The van der Waals surface area contributed by atoms with Crippen molar-refractivity contribution in [3.63, 3.8) is 0 Å². The van der Waals surface area contributed by atoms with Gasteiger partial charge < -0.3 is 23.6 Å². The van der Waals surface area contributed by atoms with Crippen LogP contribution in [-0.4, -0.2) is 87.5 Å². The zero-order valence-electron chi connectivity index (χ0n) is 33.5. The van der Waals surface area contributed by atoms with E-state index in [1.165, 1.54) is 70.3 Å². The molecule has 0 heterocycles. The summed E-state index contributed by atoms with van der Waals surface area (Å²) in [4.78, 5) is 46.8. The van der Waals surface area contributed by atoms with Crippen LogP contribution in [0.25, 0.3) is 0 Å². The Bertz CT molecular complexity index is 1010. The minimum atomic E-state index is -4.39. The summed E-state index contributed by atoms with van der Waals surface area (Å²) in [7, 11) is 1.41. The Balaban J connectivity index is 4.42. The predicted octanol–water partition coefficient (Wildman–Crippen LogP) is 9.56. The van der Waals surface area contributed by atoms with Crippen molar-refractivity contribution in [2.45, 2.75) is 161 Å². The van der Waals surface area contributed by atoms with Gasteiger partial charge in [0.2, 0.25) is 0 Å². The van der Waals surface area contributed by atoms with Crippen LogP contribution in [0.2, 0.25) is 0 Å². The van der Waals surface area contributed by atoms with E-state index in [1.54, 1.807) is 12.2 Å². The molecule has 0 rings (SSSR count). The number of carbonyl (C=O) groups excluding carboxylic acids is 3. The molecule has 0 saturated carbocycles. The number of rotatable bonds is 36. The fourth-order valence-corrected chi connectivity index (χ4v) is 6.01. The van der Waals surface area contributed by atoms with E-state index in [0.29, 0.717) is 24.1 Å². The Morgan fingerprint density at radius 2 is 1.13 bits per heavy atom. The van der Waals surface area contributed by atoms with Crippen LogP contribution in [0, 0.1) is 0 Å². The zero-order chi connectivity index (χ0) is 38.8. The molecule has 0 amide bonds. The number of likely N-dealkylation sites (N-methyl/N-ethyl adjacent to an activating group) is 1. The molecule has 0 bridgehead atoms. The summed E-state index contributed by atoms with van der Waals surface area (Å²) < 4.78 is 39.3. The third-order valence-electron chi connectivity index (χ3n) is 8.46. The molecule has 2 atom stereocenters. The Labute approximate surface area is 316 Å². The molecule has 12 heteroatoms. The summed E-state index contributed by atoms with van der Waals surface area (Å²) in [5.74, 6) is -1.21. The molecule has 304 valence electrons. The SMILES string of the molecule is C/C=C/C=C/C(=O)OCCCCCCCCCC(=O)OC(COC(=O)CCCCCCCCCCCCCCC)COP(=O)(O)OCC[N+](C)(C)C. The van der Waals surface area contributed by atoms with Gasteiger partial charge in [0.05, 0.1) is 34.4 Å². The highest BCUT2D eigenvalue weighted by atomic mass is 31.2. The van der Waals surface area contributed by atoms with Crippen molar-refractivity contribution >= 4 is 25.7 Å². The second-order valence-electron chi connectivity index (χ2n) is 14.7. The van der Waals surface area contributed by atoms with Gasteiger partial charge in [-0.3, -0.25) is 18.6 Å². The highest BCUT2D eigenvalue weighted by molar-refractivity contribution is 7.47. The first-order chi connectivity index (χ1) is 24.9. The van der Waals surface area contributed by atoms with E-state index in [1.807, 2.05) is 34.1 Å². The van der Waals surface area contributed by atoms with Crippen LogP contribution in [0.15, 0.2) is 24.3 Å². The third-order valence-corrected chi connectivity index (χ3v) is 9.44. The smallest absolute Gasteiger partial charge is 0.463 e. The minimum Gasteiger partial charge on any atom is -0.463 e. The number of unbranched alkanes of at least 4 members (excludes halogenated alkanes) is 18. The third kappa shape index (κ3) is 36.3. The molecule has 0 saturated heterocycles. The lowest BCUT2D eigenvalue weighted by Crippen LogP contribution is -2.37. The lowest BCUT2D eigenvalue weighted by Gasteiger charge is -2.24. The molecule has 0 aliphatic rings. The highest BCUT2D eigenvalue weighted by Crippen LogP contribution is 2.43. The second kappa shape index (κ2) is 33.5. The highest BCUT2D eigenvalue weighted by Gasteiger charge is 2.27. The molecular weight excluding hydrogens is 685 g/mol. The second-order valence-corrected chi connectivity index (χ2v) is 16.1. The summed E-state index contributed by atoms with van der Waals surface area (Å²) in [6.45, 7) is 4.33. The average Bonchev–Trinajstić information content (AvgIpc) is 3.08. The normalized spacial score (nSPS) is 13.7. The summed E-state index contributed by atoms with van der Waals surface area (Å²) >= 11 is 0. The van der Waals surface area contributed by atoms with Crippen LogP contribution >= 0.6 is 7.82 Å². The van der Waals surface area contributed by atoms with Crippen molar-refractivity contribution in [2.75, 3.05) is 54.1 Å². The molecular formula is C40H75NO10P+. The largest absolute Gasteiger partial charge is 0.472 e. The van der Waals surface area contributed by atoms with E-state index in [-0.39, 0.29) is 32.0 Å². The number of phosphoric ester groups is 1. The number of hydrogen-bond donors (Lipinski definition) is 1. The molecule has 52 heavy (non-hydrogen) atoms. The number of quaternary nitrogens is 1. The zero-order valence-corrected chi connectivity index (χ0v) is 34.4. The fourth-order valence-electron chi connectivity index (χ4n) is 5.27. The monoisotopic (exact) mass is 761 g/mol. The standard InChI is InChI=1S/C40H74NO10P/c1-6-8-10-11-12-13-14-15-16-17-19-22-26-30-39(43)48-35-37(36-50-52(45,46)49-34-32-41(3,4)5)51-40(44)31-27-23-20-18-21-24-28-33-47-38(42)29-25-9-7-2/h7,9,25,29,37H,6,8,10-24,26-28,30-36H2,1-5H3/p+1/b9-7+,29-25+. The van der Waals surface area contributed by atoms with Crippen molar-refractivity contribution < 1.29 is 51.6 Å². The molecule has 11 nitrogen and oxygen atoms in total. The van der Waals surface area contributed by atoms with Gasteiger partial charge in [-0.1, -0.05) is 134 Å². The van der Waals surface area contributed by atoms with Crippen LogP contribution in [0.5, 0.6) is 0 Å². The van der Waals surface area contributed by atoms with Gasteiger partial charge in [0.15, 0.2) is 6.10 Å². The first kappa shape index (κ1) is 50.0. The Hall–Kier alpha value is -2.04. The molecule has 0 aromatic heterocycles. The Kier molecular flexibility index (Phi) is 32.2. The number of hydrogen-bond acceptors (Lipinski definition) is 9. The van der Waals surface area contributed by atoms with Crippen LogP contribution in [0.1, 0.15) is 155 Å². The average molecular weight is 761 g/mol. The van der Waals surface area contributed by atoms with Crippen molar-refractivity contribution in [3.8, 4) is 0 Å². The first-order valence-corrected chi connectivity index (χ1v) is 21.6. The van der Waals surface area contributed by atoms with Gasteiger partial charge >= 0.3 is 25.7 Å². The van der Waals surface area contributed by atoms with Crippen molar-refractivity contribution in [1.29, 1.82) is 0 Å². The van der Waals surface area contributed by atoms with Gasteiger partial charge in [0.25, 0.3) is 0 Å². The number of nitrogens with zero attached hydrogens (tertiary/aromatic N) is 1. The van der Waals surface area contributed by atoms with Crippen LogP contribution in [0.3, 0.4) is 0 Å². The maximum Gasteiger partial charge on any atom is 0.472 e. The lowest BCUT2D eigenvalue weighted by molar-refractivity contribution is -0.870. The van der Waals surface area contributed by atoms with Crippen molar-refractivity contribution in [1.82, 2.24) is 0 Å². The van der Waals surface area contributed by atoms with Crippen molar-refractivity contribution in [3.05, 3.63) is 24.3 Å². The number of esters is 3. The van der Waals surface area contributed by atoms with Crippen LogP contribution < -0.4 is 0 Å². The summed E-state index contributed by atoms with van der Waals surface area (Å²) in [5.41, 5.74) is 0. The van der Waals surface area contributed by atoms with Crippen LogP contribution in [-0.2, 0) is 42.2 Å². The van der Waals surface area contributed by atoms with E-state index >= 15 is 0 Å². The summed E-state index contributed by atoms with van der Waals surface area (Å²) in [6.07, 6.45) is 28.1. The summed E-state index contributed by atoms with van der Waals surface area (Å²) in [5, 5.41) is 0. The molecule has 0 fully saturated rings. The molecule has 0 aliphatic heterocycles. The van der Waals surface area contributed by atoms with Gasteiger partial charge in [0, 0.05) is 18.9 Å². The molecule has 2 unspecified atom stereocenters. The first-order valence-electron chi connectivity index (χ1n) is 20.1. The van der Waals surface area contributed by atoms with Gasteiger partial charge in [-0.15, -0.1) is 0 Å². The minimum absolute atomic E-state index is 0.0119. The number of allylic oxidation sites excluding steroid dienone is 3. The molecule has 0 aromatic carbocycles. The molecule has 0 aromatic rings. The van der Waals surface area contributed by atoms with Gasteiger partial charge in [-0.05, 0) is 26.2 Å². The van der Waals surface area contributed by atoms with E-state index < -0.39 is 32.5 Å². The Morgan fingerprint density at radius 1 is 0.635 bits per heavy atom. The van der Waals surface area contributed by atoms with Crippen LogP contribution in [0.4, 0.5) is 0 Å². The quantitative estimate of drug-likeness (QED) is 0.0125. The van der Waals surface area contributed by atoms with Gasteiger partial charge in [-0.25, -0.2) is 9.36 Å². The number of phosphoric acid groups is 1. The molecule has 0 aliphatic carbocycles. The van der Waals surface area contributed by atoms with Gasteiger partial charge in [-0.2, -0.15) is 0 Å². The predicted molar refractivity (Wildman–Crippen MR) is 208 cm³/mol. The van der Waals surface area contributed by atoms with E-state index in [2.05, 4.69) is 6.92 Å². The molecule has 0 spiro atoms. The fraction of sp³-hybridized carbons (Fsp3) is 0.825.